The Kier molecular flexibility index (Phi) is 3.78. The quantitative estimate of drug-likeness (QED) is 0.532. The zero-order chi connectivity index (χ0) is 17.2. The maximum atomic E-state index is 5.84. The number of nitrogen functional groups attached to an aromatic ring is 1. The fourth-order valence-corrected chi connectivity index (χ4v) is 2.90. The molecule has 124 valence electrons. The van der Waals surface area contributed by atoms with E-state index in [2.05, 4.69) is 37.4 Å². The Hall–Kier alpha value is -3.41. The number of hydrogen-bond acceptors (Lipinski definition) is 5. The Morgan fingerprint density at radius 1 is 1.12 bits per heavy atom. The fraction of sp³-hybridized carbons (Fsp3) is 0.105. The van der Waals surface area contributed by atoms with Crippen molar-refractivity contribution in [3.05, 3.63) is 66.2 Å². The van der Waals surface area contributed by atoms with Crippen LogP contribution in [0.25, 0.3) is 22.2 Å². The summed E-state index contributed by atoms with van der Waals surface area (Å²) in [6, 6.07) is 14.0. The van der Waals surface area contributed by atoms with Gasteiger partial charge in [0.05, 0.1) is 5.39 Å². The lowest BCUT2D eigenvalue weighted by Gasteiger charge is -2.10. The minimum absolute atomic E-state index is 0.485. The third-order valence-electron chi connectivity index (χ3n) is 4.04. The molecule has 0 amide bonds. The van der Waals surface area contributed by atoms with E-state index in [0.29, 0.717) is 18.2 Å². The maximum absolute atomic E-state index is 5.84. The first-order chi connectivity index (χ1) is 12.2. The second-order valence-corrected chi connectivity index (χ2v) is 5.85. The van der Waals surface area contributed by atoms with Gasteiger partial charge in [0.15, 0.2) is 0 Å². The van der Waals surface area contributed by atoms with Crippen molar-refractivity contribution in [3.63, 3.8) is 0 Å². The van der Waals surface area contributed by atoms with Gasteiger partial charge in [0, 0.05) is 24.5 Å². The van der Waals surface area contributed by atoms with E-state index in [-0.39, 0.29) is 0 Å². The Morgan fingerprint density at radius 2 is 1.96 bits per heavy atom. The van der Waals surface area contributed by atoms with Crippen LogP contribution in [0, 0.1) is 6.92 Å². The van der Waals surface area contributed by atoms with E-state index in [1.165, 1.54) is 5.56 Å². The first-order valence-corrected chi connectivity index (χ1v) is 8.06. The molecule has 3 aromatic heterocycles. The van der Waals surface area contributed by atoms with Gasteiger partial charge in [-0.3, -0.25) is 0 Å². The lowest BCUT2D eigenvalue weighted by Crippen LogP contribution is -2.04. The van der Waals surface area contributed by atoms with E-state index >= 15 is 0 Å². The summed E-state index contributed by atoms with van der Waals surface area (Å²) in [4.78, 5) is 16.4. The molecule has 0 saturated carbocycles. The normalized spacial score (nSPS) is 10.9. The first kappa shape index (κ1) is 15.1. The number of aromatic amines is 1. The third-order valence-corrected chi connectivity index (χ3v) is 4.04. The van der Waals surface area contributed by atoms with Crippen molar-refractivity contribution in [2.75, 3.05) is 11.1 Å². The Bertz CT molecular complexity index is 1020. The Morgan fingerprint density at radius 3 is 2.76 bits per heavy atom. The number of nitrogens with one attached hydrogen (secondary N) is 2. The lowest BCUT2D eigenvalue weighted by molar-refractivity contribution is 1.05. The average molecular weight is 330 g/mol. The second kappa shape index (κ2) is 6.24. The van der Waals surface area contributed by atoms with Crippen LogP contribution in [-0.4, -0.2) is 19.9 Å². The monoisotopic (exact) mass is 330 g/mol. The van der Waals surface area contributed by atoms with Crippen LogP contribution in [0.15, 0.2) is 54.9 Å². The molecule has 0 saturated heterocycles. The smallest absolute Gasteiger partial charge is 0.143 e. The van der Waals surface area contributed by atoms with Crippen LogP contribution < -0.4 is 11.1 Å². The largest absolute Gasteiger partial charge is 0.384 e. The number of aromatic nitrogens is 4. The van der Waals surface area contributed by atoms with Gasteiger partial charge in [-0.05, 0) is 30.2 Å². The molecule has 6 heteroatoms. The molecule has 6 nitrogen and oxygen atoms in total. The molecule has 1 aromatic carbocycles. The predicted octanol–water partition coefficient (Wildman–Crippen LogP) is 3.52. The topological polar surface area (TPSA) is 92.5 Å². The summed E-state index contributed by atoms with van der Waals surface area (Å²) in [6.45, 7) is 2.58. The molecule has 0 aliphatic heterocycles. The number of nitrogens with two attached hydrogens (primary N) is 1. The minimum Gasteiger partial charge on any atom is -0.384 e. The SMILES string of the molecule is Cc1nc(NCc2ccccc2)c2c(-c3ccnc(N)c3)c[nH]c2n1. The number of pyridine rings is 1. The predicted molar refractivity (Wildman–Crippen MR) is 100 cm³/mol. The van der Waals surface area contributed by atoms with Crippen LogP contribution >= 0.6 is 0 Å². The molecule has 25 heavy (non-hydrogen) atoms. The van der Waals surface area contributed by atoms with Crippen molar-refractivity contribution in [2.24, 2.45) is 0 Å². The van der Waals surface area contributed by atoms with E-state index < -0.39 is 0 Å². The lowest BCUT2D eigenvalue weighted by atomic mass is 10.1. The molecule has 0 fully saturated rings. The van der Waals surface area contributed by atoms with Gasteiger partial charge in [-0.1, -0.05) is 30.3 Å². The van der Waals surface area contributed by atoms with Crippen LogP contribution in [0.5, 0.6) is 0 Å². The summed E-state index contributed by atoms with van der Waals surface area (Å²) in [5, 5.41) is 4.39. The van der Waals surface area contributed by atoms with Gasteiger partial charge < -0.3 is 16.0 Å². The van der Waals surface area contributed by atoms with Crippen LogP contribution in [0.1, 0.15) is 11.4 Å². The van der Waals surface area contributed by atoms with Gasteiger partial charge in [-0.15, -0.1) is 0 Å². The van der Waals surface area contributed by atoms with Crippen LogP contribution in [0.4, 0.5) is 11.6 Å². The molecular weight excluding hydrogens is 312 g/mol. The molecule has 3 heterocycles. The highest BCUT2D eigenvalue weighted by atomic mass is 15.0. The van der Waals surface area contributed by atoms with Gasteiger partial charge in [-0.2, -0.15) is 0 Å². The van der Waals surface area contributed by atoms with Crippen molar-refractivity contribution in [3.8, 4) is 11.1 Å². The third kappa shape index (κ3) is 3.01. The number of anilines is 2. The molecule has 0 atom stereocenters. The van der Waals surface area contributed by atoms with Crippen molar-refractivity contribution >= 4 is 22.7 Å². The number of H-pyrrole nitrogens is 1. The van der Waals surface area contributed by atoms with Crippen molar-refractivity contribution in [1.82, 2.24) is 19.9 Å². The maximum Gasteiger partial charge on any atom is 0.143 e. The number of aryl methyl sites for hydroxylation is 1. The van der Waals surface area contributed by atoms with E-state index in [9.17, 15) is 0 Å². The highest BCUT2D eigenvalue weighted by Crippen LogP contribution is 2.32. The summed E-state index contributed by atoms with van der Waals surface area (Å²) >= 11 is 0. The van der Waals surface area contributed by atoms with Gasteiger partial charge in [-0.25, -0.2) is 15.0 Å². The molecule has 4 aromatic rings. The number of fused-ring (bicyclic) bond motifs is 1. The molecule has 0 aliphatic rings. The van der Waals surface area contributed by atoms with Gasteiger partial charge in [0.25, 0.3) is 0 Å². The Balaban J connectivity index is 1.78. The zero-order valence-corrected chi connectivity index (χ0v) is 13.8. The van der Waals surface area contributed by atoms with Gasteiger partial charge >= 0.3 is 0 Å². The first-order valence-electron chi connectivity index (χ1n) is 8.06. The van der Waals surface area contributed by atoms with Crippen LogP contribution in [0.2, 0.25) is 0 Å². The summed E-state index contributed by atoms with van der Waals surface area (Å²) in [7, 11) is 0. The summed E-state index contributed by atoms with van der Waals surface area (Å²) < 4.78 is 0. The van der Waals surface area contributed by atoms with E-state index in [1.807, 2.05) is 43.5 Å². The highest BCUT2D eigenvalue weighted by Gasteiger charge is 2.14. The van der Waals surface area contributed by atoms with Crippen molar-refractivity contribution in [1.29, 1.82) is 0 Å². The molecule has 0 aliphatic carbocycles. The van der Waals surface area contributed by atoms with Crippen LogP contribution in [-0.2, 0) is 6.54 Å². The van der Waals surface area contributed by atoms with Gasteiger partial charge in [0.1, 0.15) is 23.1 Å². The molecule has 0 unspecified atom stereocenters. The number of nitrogens with zero attached hydrogens (tertiary/aromatic N) is 3. The molecule has 0 bridgehead atoms. The number of rotatable bonds is 4. The average Bonchev–Trinajstić information content (AvgIpc) is 3.04. The standard InChI is InChI=1S/C19H18N6/c1-12-24-18(22-10-13-5-3-2-4-6-13)17-15(11-23-19(17)25-12)14-7-8-21-16(20)9-14/h2-9,11H,10H2,1H3,(H2,20,21)(H2,22,23,24,25). The van der Waals surface area contributed by atoms with Crippen molar-refractivity contribution in [2.45, 2.75) is 13.5 Å². The number of benzene rings is 1. The van der Waals surface area contributed by atoms with Crippen LogP contribution in [0.3, 0.4) is 0 Å². The number of hydrogen-bond donors (Lipinski definition) is 3. The van der Waals surface area contributed by atoms with E-state index in [1.54, 1.807) is 6.20 Å². The molecule has 0 radical (unpaired) electrons. The minimum atomic E-state index is 0.485. The summed E-state index contributed by atoms with van der Waals surface area (Å²) in [6.07, 6.45) is 3.64. The second-order valence-electron chi connectivity index (χ2n) is 5.85. The highest BCUT2D eigenvalue weighted by molar-refractivity contribution is 6.01. The van der Waals surface area contributed by atoms with Crippen molar-refractivity contribution < 1.29 is 0 Å². The summed E-state index contributed by atoms with van der Waals surface area (Å²) in [5.41, 5.74) is 9.81. The zero-order valence-electron chi connectivity index (χ0n) is 13.8. The van der Waals surface area contributed by atoms with Gasteiger partial charge in [0.2, 0.25) is 0 Å². The fourth-order valence-electron chi connectivity index (χ4n) is 2.90. The summed E-state index contributed by atoms with van der Waals surface area (Å²) in [5.74, 6) is 2.00. The van der Waals surface area contributed by atoms with E-state index in [4.69, 9.17) is 5.73 Å². The Labute approximate surface area is 145 Å². The molecule has 4 N–H and O–H groups in total. The molecule has 4 rings (SSSR count). The molecule has 0 spiro atoms. The van der Waals surface area contributed by atoms with E-state index in [0.717, 1.165) is 28.0 Å². The molecular formula is C19H18N6.